The van der Waals surface area contributed by atoms with Crippen LogP contribution in [-0.4, -0.2) is 24.8 Å². The minimum Gasteiger partial charge on any atom is -0.497 e. The SMILES string of the molecule is COc1ccc(/C(=C\c2ccc(OCCCc3ccccc3)cc2)C(=O)O)cc1. The van der Waals surface area contributed by atoms with E-state index in [9.17, 15) is 9.90 Å². The number of hydrogen-bond donors (Lipinski definition) is 1. The fourth-order valence-corrected chi connectivity index (χ4v) is 2.98. The summed E-state index contributed by atoms with van der Waals surface area (Å²) >= 11 is 0. The number of carboxylic acid groups (broad SMARTS) is 1. The molecular formula is C25H24O4. The first kappa shape index (κ1) is 20.2. The van der Waals surface area contributed by atoms with Gasteiger partial charge in [0.05, 0.1) is 19.3 Å². The van der Waals surface area contributed by atoms with Gasteiger partial charge in [-0.25, -0.2) is 4.79 Å². The Balaban J connectivity index is 1.60. The highest BCUT2D eigenvalue weighted by molar-refractivity contribution is 6.20. The first-order chi connectivity index (χ1) is 14.2. The highest BCUT2D eigenvalue weighted by atomic mass is 16.5. The molecule has 0 atom stereocenters. The molecule has 0 heterocycles. The molecule has 3 rings (SSSR count). The molecule has 0 saturated heterocycles. The third kappa shape index (κ3) is 5.98. The molecule has 0 bridgehead atoms. The number of aliphatic carboxylic acids is 1. The van der Waals surface area contributed by atoms with Crippen LogP contribution in [0.15, 0.2) is 78.9 Å². The van der Waals surface area contributed by atoms with Crippen molar-refractivity contribution in [3.05, 3.63) is 95.6 Å². The lowest BCUT2D eigenvalue weighted by atomic mass is 10.0. The van der Waals surface area contributed by atoms with Crippen molar-refractivity contribution in [1.29, 1.82) is 0 Å². The lowest BCUT2D eigenvalue weighted by molar-refractivity contribution is -0.130. The smallest absolute Gasteiger partial charge is 0.336 e. The lowest BCUT2D eigenvalue weighted by Gasteiger charge is -2.08. The summed E-state index contributed by atoms with van der Waals surface area (Å²) < 4.78 is 10.9. The van der Waals surface area contributed by atoms with Crippen LogP contribution in [0.25, 0.3) is 11.6 Å². The van der Waals surface area contributed by atoms with E-state index in [-0.39, 0.29) is 5.57 Å². The van der Waals surface area contributed by atoms with Crippen molar-refractivity contribution in [1.82, 2.24) is 0 Å². The van der Waals surface area contributed by atoms with E-state index in [0.29, 0.717) is 17.9 Å². The predicted molar refractivity (Wildman–Crippen MR) is 115 cm³/mol. The summed E-state index contributed by atoms with van der Waals surface area (Å²) in [5.74, 6) is 0.486. The number of carbonyl (C=O) groups is 1. The topological polar surface area (TPSA) is 55.8 Å². The van der Waals surface area contributed by atoms with Gasteiger partial charge >= 0.3 is 5.97 Å². The summed E-state index contributed by atoms with van der Waals surface area (Å²) in [5, 5.41) is 9.58. The third-order valence-electron chi connectivity index (χ3n) is 4.54. The molecule has 4 nitrogen and oxygen atoms in total. The predicted octanol–water partition coefficient (Wildman–Crippen LogP) is 5.33. The van der Waals surface area contributed by atoms with Crippen LogP contribution >= 0.6 is 0 Å². The van der Waals surface area contributed by atoms with Gasteiger partial charge in [0.25, 0.3) is 0 Å². The van der Waals surface area contributed by atoms with Crippen LogP contribution < -0.4 is 9.47 Å². The maximum Gasteiger partial charge on any atom is 0.336 e. The van der Waals surface area contributed by atoms with Crippen molar-refractivity contribution in [3.8, 4) is 11.5 Å². The molecule has 0 aromatic heterocycles. The Morgan fingerprint density at radius 3 is 2.17 bits per heavy atom. The van der Waals surface area contributed by atoms with Crippen LogP contribution in [0, 0.1) is 0 Å². The highest BCUT2D eigenvalue weighted by Gasteiger charge is 2.10. The van der Waals surface area contributed by atoms with Crippen molar-refractivity contribution in [2.75, 3.05) is 13.7 Å². The number of aryl methyl sites for hydroxylation is 1. The molecule has 0 aliphatic heterocycles. The van der Waals surface area contributed by atoms with Crippen LogP contribution in [-0.2, 0) is 11.2 Å². The lowest BCUT2D eigenvalue weighted by Crippen LogP contribution is -2.00. The van der Waals surface area contributed by atoms with E-state index >= 15 is 0 Å². The van der Waals surface area contributed by atoms with Gasteiger partial charge in [0, 0.05) is 0 Å². The van der Waals surface area contributed by atoms with Gasteiger partial charge in [-0.1, -0.05) is 54.6 Å². The van der Waals surface area contributed by atoms with Crippen LogP contribution in [0.1, 0.15) is 23.1 Å². The number of benzene rings is 3. The molecule has 0 spiro atoms. The number of hydrogen-bond acceptors (Lipinski definition) is 3. The Hall–Kier alpha value is -3.53. The van der Waals surface area contributed by atoms with Crippen molar-refractivity contribution in [2.45, 2.75) is 12.8 Å². The molecule has 0 saturated carbocycles. The van der Waals surface area contributed by atoms with Crippen molar-refractivity contribution in [3.63, 3.8) is 0 Å². The number of carboxylic acids is 1. The molecule has 4 heteroatoms. The quantitative estimate of drug-likeness (QED) is 0.306. The van der Waals surface area contributed by atoms with Gasteiger partial charge in [-0.05, 0) is 59.9 Å². The molecule has 0 aliphatic carbocycles. The summed E-state index contributed by atoms with van der Waals surface area (Å²) in [5.41, 5.74) is 2.95. The molecule has 0 fully saturated rings. The van der Waals surface area contributed by atoms with E-state index in [1.807, 2.05) is 42.5 Å². The minimum absolute atomic E-state index is 0.226. The maximum absolute atomic E-state index is 11.7. The van der Waals surface area contributed by atoms with Gasteiger partial charge in [0.15, 0.2) is 0 Å². The summed E-state index contributed by atoms with van der Waals surface area (Å²) in [6, 6.07) is 24.7. The van der Waals surface area contributed by atoms with Crippen LogP contribution in [0.4, 0.5) is 0 Å². The van der Waals surface area contributed by atoms with Crippen molar-refractivity contribution in [2.24, 2.45) is 0 Å². The van der Waals surface area contributed by atoms with Gasteiger partial charge in [-0.15, -0.1) is 0 Å². The second kappa shape index (κ2) is 10.1. The Kier molecular flexibility index (Phi) is 7.06. The first-order valence-corrected chi connectivity index (χ1v) is 9.52. The highest BCUT2D eigenvalue weighted by Crippen LogP contribution is 2.23. The van der Waals surface area contributed by atoms with Gasteiger partial charge in [-0.3, -0.25) is 0 Å². The zero-order valence-corrected chi connectivity index (χ0v) is 16.4. The molecule has 3 aromatic rings. The molecule has 148 valence electrons. The molecule has 29 heavy (non-hydrogen) atoms. The van der Waals surface area contributed by atoms with Gasteiger partial charge in [-0.2, -0.15) is 0 Å². The average molecular weight is 388 g/mol. The summed E-state index contributed by atoms with van der Waals surface area (Å²) in [6.45, 7) is 0.635. The van der Waals surface area contributed by atoms with Crippen molar-refractivity contribution < 1.29 is 19.4 Å². The van der Waals surface area contributed by atoms with Crippen LogP contribution in [0.3, 0.4) is 0 Å². The molecule has 3 aromatic carbocycles. The van der Waals surface area contributed by atoms with E-state index in [2.05, 4.69) is 12.1 Å². The van der Waals surface area contributed by atoms with Crippen molar-refractivity contribution >= 4 is 17.6 Å². The van der Waals surface area contributed by atoms with E-state index in [1.54, 1.807) is 37.5 Å². The first-order valence-electron chi connectivity index (χ1n) is 9.52. The van der Waals surface area contributed by atoms with E-state index in [4.69, 9.17) is 9.47 Å². The molecule has 0 radical (unpaired) electrons. The summed E-state index contributed by atoms with van der Waals surface area (Å²) in [7, 11) is 1.58. The van der Waals surface area contributed by atoms with E-state index < -0.39 is 5.97 Å². The van der Waals surface area contributed by atoms with Gasteiger partial charge in [0.1, 0.15) is 11.5 Å². The Morgan fingerprint density at radius 2 is 1.55 bits per heavy atom. The Labute approximate surface area is 171 Å². The fourth-order valence-electron chi connectivity index (χ4n) is 2.98. The number of rotatable bonds is 9. The second-order valence-electron chi connectivity index (χ2n) is 6.60. The average Bonchev–Trinajstić information content (AvgIpc) is 2.76. The molecule has 0 amide bonds. The monoisotopic (exact) mass is 388 g/mol. The Morgan fingerprint density at radius 1 is 0.897 bits per heavy atom. The fraction of sp³-hybridized carbons (Fsp3) is 0.160. The zero-order valence-electron chi connectivity index (χ0n) is 16.4. The van der Waals surface area contributed by atoms with Gasteiger partial charge in [0.2, 0.25) is 0 Å². The summed E-state index contributed by atoms with van der Waals surface area (Å²) in [4.78, 5) is 11.7. The second-order valence-corrected chi connectivity index (χ2v) is 6.60. The normalized spacial score (nSPS) is 11.1. The standard InChI is InChI=1S/C25H24O4/c1-28-22-15-11-21(12-16-22)24(25(26)27)18-20-9-13-23(14-10-20)29-17-5-8-19-6-3-2-4-7-19/h2-4,6-7,9-16,18H,5,8,17H2,1H3,(H,26,27)/b24-18+. The third-order valence-corrected chi connectivity index (χ3v) is 4.54. The molecule has 0 aliphatic rings. The number of ether oxygens (including phenoxy) is 2. The van der Waals surface area contributed by atoms with E-state index in [1.165, 1.54) is 5.56 Å². The molecular weight excluding hydrogens is 364 g/mol. The number of methoxy groups -OCH3 is 1. The maximum atomic E-state index is 11.7. The zero-order chi connectivity index (χ0) is 20.5. The van der Waals surface area contributed by atoms with Crippen LogP contribution in [0.2, 0.25) is 0 Å². The van der Waals surface area contributed by atoms with Crippen LogP contribution in [0.5, 0.6) is 11.5 Å². The summed E-state index contributed by atoms with van der Waals surface area (Å²) in [6.07, 6.45) is 3.57. The van der Waals surface area contributed by atoms with E-state index in [0.717, 1.165) is 24.2 Å². The Bertz CT molecular complexity index is 942. The molecule has 1 N–H and O–H groups in total. The van der Waals surface area contributed by atoms with Gasteiger partial charge < -0.3 is 14.6 Å². The molecule has 0 unspecified atom stereocenters. The minimum atomic E-state index is -0.976. The largest absolute Gasteiger partial charge is 0.497 e.